The first-order valence-corrected chi connectivity index (χ1v) is 6.85. The average Bonchev–Trinajstić information content (AvgIpc) is 2.48. The second kappa shape index (κ2) is 5.92. The first-order valence-electron chi connectivity index (χ1n) is 5.46. The summed E-state index contributed by atoms with van der Waals surface area (Å²) in [5.74, 6) is 3.01. The molecule has 13 heavy (non-hydrogen) atoms. The summed E-state index contributed by atoms with van der Waals surface area (Å²) in [6.07, 6.45) is 6.44. The fourth-order valence-corrected chi connectivity index (χ4v) is 2.83. The molecule has 2 heteroatoms. The van der Waals surface area contributed by atoms with Gasteiger partial charge in [0.05, 0.1) is 0 Å². The van der Waals surface area contributed by atoms with Crippen molar-refractivity contribution in [3.05, 3.63) is 0 Å². The quantitative estimate of drug-likeness (QED) is 0.734. The van der Waals surface area contributed by atoms with Crippen LogP contribution in [-0.2, 0) is 0 Å². The van der Waals surface area contributed by atoms with E-state index in [9.17, 15) is 0 Å². The zero-order valence-electron chi connectivity index (χ0n) is 9.18. The number of thioether (sulfide) groups is 1. The van der Waals surface area contributed by atoms with Crippen molar-refractivity contribution >= 4 is 11.8 Å². The topological polar surface area (TPSA) is 12.0 Å². The lowest BCUT2D eigenvalue weighted by Gasteiger charge is -2.19. The molecule has 1 aliphatic rings. The van der Waals surface area contributed by atoms with Crippen molar-refractivity contribution < 1.29 is 0 Å². The van der Waals surface area contributed by atoms with Gasteiger partial charge in [-0.25, -0.2) is 0 Å². The molecule has 3 unspecified atom stereocenters. The Balaban J connectivity index is 2.10. The molecule has 0 aromatic rings. The summed E-state index contributed by atoms with van der Waals surface area (Å²) in [6.45, 7) is 5.92. The summed E-state index contributed by atoms with van der Waals surface area (Å²) in [5, 5.41) is 3.70. The zero-order chi connectivity index (χ0) is 9.68. The van der Waals surface area contributed by atoms with Crippen molar-refractivity contribution in [1.29, 1.82) is 0 Å². The molecule has 0 spiro atoms. The summed E-state index contributed by atoms with van der Waals surface area (Å²) in [6, 6.07) is 0.810. The summed E-state index contributed by atoms with van der Waals surface area (Å²) < 4.78 is 0. The Labute approximate surface area is 87.1 Å². The first kappa shape index (κ1) is 11.4. The molecule has 0 radical (unpaired) electrons. The van der Waals surface area contributed by atoms with Gasteiger partial charge in [0.2, 0.25) is 0 Å². The molecule has 0 amide bonds. The maximum absolute atomic E-state index is 3.70. The van der Waals surface area contributed by atoms with Crippen LogP contribution in [0.25, 0.3) is 0 Å². The second-order valence-electron chi connectivity index (χ2n) is 4.48. The lowest BCUT2D eigenvalue weighted by Crippen LogP contribution is -2.34. The van der Waals surface area contributed by atoms with E-state index >= 15 is 0 Å². The molecule has 1 fully saturated rings. The van der Waals surface area contributed by atoms with Gasteiger partial charge in [-0.2, -0.15) is 11.8 Å². The van der Waals surface area contributed by atoms with E-state index < -0.39 is 0 Å². The highest BCUT2D eigenvalue weighted by Crippen LogP contribution is 2.24. The number of rotatable bonds is 5. The maximum Gasteiger partial charge on any atom is 0.00928 e. The standard InChI is InChI=1S/C11H23NS/c1-9(8-13-3)7-12-11-6-4-5-10(11)2/h9-12H,4-8H2,1-3H3. The molecule has 0 aromatic heterocycles. The van der Waals surface area contributed by atoms with Gasteiger partial charge >= 0.3 is 0 Å². The third-order valence-corrected chi connectivity index (χ3v) is 3.94. The van der Waals surface area contributed by atoms with Crippen LogP contribution in [0.2, 0.25) is 0 Å². The third-order valence-electron chi connectivity index (χ3n) is 3.04. The van der Waals surface area contributed by atoms with Crippen LogP contribution in [0.15, 0.2) is 0 Å². The summed E-state index contributed by atoms with van der Waals surface area (Å²) in [4.78, 5) is 0. The van der Waals surface area contributed by atoms with Crippen molar-refractivity contribution in [2.45, 2.75) is 39.2 Å². The van der Waals surface area contributed by atoms with Crippen LogP contribution in [0.3, 0.4) is 0 Å². The molecule has 0 aromatic carbocycles. The Hall–Kier alpha value is 0.310. The minimum atomic E-state index is 0.810. The van der Waals surface area contributed by atoms with E-state index in [0.29, 0.717) is 0 Å². The van der Waals surface area contributed by atoms with Crippen LogP contribution >= 0.6 is 11.8 Å². The van der Waals surface area contributed by atoms with Crippen molar-refractivity contribution in [2.24, 2.45) is 11.8 Å². The van der Waals surface area contributed by atoms with Gasteiger partial charge in [0.1, 0.15) is 0 Å². The predicted molar refractivity (Wildman–Crippen MR) is 62.4 cm³/mol. The number of hydrogen-bond acceptors (Lipinski definition) is 2. The molecule has 1 nitrogen and oxygen atoms in total. The Bertz CT molecular complexity index is 138. The van der Waals surface area contributed by atoms with Crippen LogP contribution in [0.5, 0.6) is 0 Å². The van der Waals surface area contributed by atoms with Crippen LogP contribution < -0.4 is 5.32 Å². The fourth-order valence-electron chi connectivity index (χ4n) is 2.14. The zero-order valence-corrected chi connectivity index (χ0v) is 9.99. The minimum Gasteiger partial charge on any atom is -0.313 e. The lowest BCUT2D eigenvalue weighted by molar-refractivity contribution is 0.402. The number of nitrogens with one attached hydrogen (secondary N) is 1. The van der Waals surface area contributed by atoms with Crippen molar-refractivity contribution in [3.63, 3.8) is 0 Å². The highest BCUT2D eigenvalue weighted by Gasteiger charge is 2.22. The van der Waals surface area contributed by atoms with Gasteiger partial charge in [-0.05, 0) is 43.2 Å². The molecular weight excluding hydrogens is 178 g/mol. The van der Waals surface area contributed by atoms with Crippen molar-refractivity contribution in [1.82, 2.24) is 5.32 Å². The normalized spacial score (nSPS) is 30.7. The smallest absolute Gasteiger partial charge is 0.00928 e. The third kappa shape index (κ3) is 3.90. The second-order valence-corrected chi connectivity index (χ2v) is 5.39. The molecule has 1 rings (SSSR count). The van der Waals surface area contributed by atoms with Crippen LogP contribution in [0, 0.1) is 11.8 Å². The van der Waals surface area contributed by atoms with Gasteiger partial charge in [0.15, 0.2) is 0 Å². The van der Waals surface area contributed by atoms with Gasteiger partial charge in [-0.15, -0.1) is 0 Å². The van der Waals surface area contributed by atoms with Crippen LogP contribution in [-0.4, -0.2) is 24.6 Å². The van der Waals surface area contributed by atoms with E-state index in [4.69, 9.17) is 0 Å². The molecule has 0 aliphatic heterocycles. The van der Waals surface area contributed by atoms with Crippen molar-refractivity contribution in [3.8, 4) is 0 Å². The predicted octanol–water partition coefficient (Wildman–Crippen LogP) is 2.76. The highest BCUT2D eigenvalue weighted by atomic mass is 32.2. The molecule has 3 atom stereocenters. The van der Waals surface area contributed by atoms with Gasteiger partial charge in [-0.1, -0.05) is 20.3 Å². The molecule has 1 aliphatic carbocycles. The molecule has 1 N–H and O–H groups in total. The Morgan fingerprint density at radius 1 is 1.46 bits per heavy atom. The average molecular weight is 201 g/mol. The molecule has 0 heterocycles. The molecule has 0 bridgehead atoms. The van der Waals surface area contributed by atoms with Gasteiger partial charge in [0.25, 0.3) is 0 Å². The Morgan fingerprint density at radius 2 is 2.23 bits per heavy atom. The molecule has 0 saturated heterocycles. The molecule has 78 valence electrons. The van der Waals surface area contributed by atoms with E-state index in [1.54, 1.807) is 0 Å². The van der Waals surface area contributed by atoms with Crippen LogP contribution in [0.4, 0.5) is 0 Å². The lowest BCUT2D eigenvalue weighted by atomic mass is 10.1. The number of hydrogen-bond donors (Lipinski definition) is 1. The van der Waals surface area contributed by atoms with E-state index in [-0.39, 0.29) is 0 Å². The summed E-state index contributed by atoms with van der Waals surface area (Å²) in [7, 11) is 0. The van der Waals surface area contributed by atoms with Gasteiger partial charge < -0.3 is 5.32 Å². The van der Waals surface area contributed by atoms with Gasteiger partial charge in [-0.3, -0.25) is 0 Å². The molecular formula is C11H23NS. The fraction of sp³-hybridized carbons (Fsp3) is 1.00. The summed E-state index contributed by atoms with van der Waals surface area (Å²) >= 11 is 1.95. The van der Waals surface area contributed by atoms with E-state index in [1.807, 2.05) is 11.8 Å². The Morgan fingerprint density at radius 3 is 2.77 bits per heavy atom. The van der Waals surface area contributed by atoms with E-state index in [0.717, 1.165) is 17.9 Å². The minimum absolute atomic E-state index is 0.810. The SMILES string of the molecule is CSCC(C)CNC1CCCC1C. The van der Waals surface area contributed by atoms with Crippen LogP contribution in [0.1, 0.15) is 33.1 Å². The monoisotopic (exact) mass is 201 g/mol. The molecule has 1 saturated carbocycles. The van der Waals surface area contributed by atoms with E-state index in [1.165, 1.54) is 31.6 Å². The van der Waals surface area contributed by atoms with Gasteiger partial charge in [0, 0.05) is 6.04 Å². The maximum atomic E-state index is 3.70. The first-order chi connectivity index (χ1) is 6.24. The van der Waals surface area contributed by atoms with Crippen molar-refractivity contribution in [2.75, 3.05) is 18.6 Å². The largest absolute Gasteiger partial charge is 0.313 e. The van der Waals surface area contributed by atoms with E-state index in [2.05, 4.69) is 25.4 Å². The summed E-state index contributed by atoms with van der Waals surface area (Å²) in [5.41, 5.74) is 0. The highest BCUT2D eigenvalue weighted by molar-refractivity contribution is 7.98. The Kier molecular flexibility index (Phi) is 5.18.